The number of hydrogen-bond acceptors (Lipinski definition) is 4. The van der Waals surface area contributed by atoms with Crippen molar-refractivity contribution in [3.63, 3.8) is 0 Å². The van der Waals surface area contributed by atoms with Crippen LogP contribution in [0, 0.1) is 0 Å². The fourth-order valence-corrected chi connectivity index (χ4v) is 2.29. The van der Waals surface area contributed by atoms with E-state index in [2.05, 4.69) is 0 Å². The highest BCUT2D eigenvalue weighted by molar-refractivity contribution is 7.91. The topological polar surface area (TPSA) is 68.3 Å². The summed E-state index contributed by atoms with van der Waals surface area (Å²) in [6.07, 6.45) is 5.02. The van der Waals surface area contributed by atoms with Crippen LogP contribution in [0.3, 0.4) is 0 Å². The van der Waals surface area contributed by atoms with Gasteiger partial charge in [-0.3, -0.25) is 9.59 Å². The van der Waals surface area contributed by atoms with Crippen LogP contribution in [-0.2, 0) is 19.4 Å². The number of sulfone groups is 1. The molecule has 0 aromatic heterocycles. The Bertz CT molecular complexity index is 348. The molecule has 0 spiro atoms. The van der Waals surface area contributed by atoms with Gasteiger partial charge in [0.1, 0.15) is 17.3 Å². The smallest absolute Gasteiger partial charge is 0.154 e. The molecule has 0 saturated carbocycles. The van der Waals surface area contributed by atoms with Crippen LogP contribution < -0.4 is 0 Å². The lowest BCUT2D eigenvalue weighted by atomic mass is 10.1. The summed E-state index contributed by atoms with van der Waals surface area (Å²) in [6, 6.07) is 0. The van der Waals surface area contributed by atoms with Crippen LogP contribution in [0.1, 0.15) is 38.5 Å². The van der Waals surface area contributed by atoms with E-state index in [9.17, 15) is 18.0 Å². The summed E-state index contributed by atoms with van der Waals surface area (Å²) in [6.45, 7) is 0. The molecule has 0 fully saturated rings. The first-order valence-electron chi connectivity index (χ1n) is 5.62. The maximum atomic E-state index is 11.2. The van der Waals surface area contributed by atoms with Crippen molar-refractivity contribution >= 4 is 33.0 Å². The normalized spacial score (nSPS) is 11.4. The first kappa shape index (κ1) is 16.6. The molecule has 0 aliphatic heterocycles. The number of carbonyl (C=O) groups is 2. The number of carbonyl (C=O) groups excluding carboxylic acids is 2. The van der Waals surface area contributed by atoms with Crippen molar-refractivity contribution in [2.75, 3.05) is 17.9 Å². The van der Waals surface area contributed by atoms with Gasteiger partial charge in [0.2, 0.25) is 0 Å². The Morgan fingerprint density at radius 3 is 1.82 bits per heavy atom. The Balaban J connectivity index is 3.46. The zero-order chi connectivity index (χ0) is 13.3. The Hall–Kier alpha value is -0.420. The van der Waals surface area contributed by atoms with Gasteiger partial charge in [-0.15, -0.1) is 11.6 Å². The lowest BCUT2D eigenvalue weighted by molar-refractivity contribution is -0.117. The van der Waals surface area contributed by atoms with Gasteiger partial charge < -0.3 is 0 Å². The molecule has 0 rings (SSSR count). The van der Waals surface area contributed by atoms with Crippen LogP contribution in [0.5, 0.6) is 0 Å². The summed E-state index contributed by atoms with van der Waals surface area (Å²) >= 11 is 5.34. The molecular formula is C11H19ClO4S. The van der Waals surface area contributed by atoms with Gasteiger partial charge in [-0.1, -0.05) is 12.8 Å². The van der Waals surface area contributed by atoms with Crippen molar-refractivity contribution in [1.82, 2.24) is 0 Å². The molecule has 0 radical (unpaired) electrons. The highest BCUT2D eigenvalue weighted by Gasteiger charge is 2.10. The molecule has 17 heavy (non-hydrogen) atoms. The highest BCUT2D eigenvalue weighted by atomic mass is 35.5. The predicted octanol–water partition coefficient (Wildman–Crippen LogP) is 1.75. The number of Topliss-reactive ketones (excluding diaryl/α,β-unsaturated/α-hetero) is 2. The zero-order valence-corrected chi connectivity index (χ0v) is 11.6. The lowest BCUT2D eigenvalue weighted by Gasteiger charge is -2.00. The van der Waals surface area contributed by atoms with Crippen molar-refractivity contribution in [2.24, 2.45) is 0 Å². The van der Waals surface area contributed by atoms with Gasteiger partial charge >= 0.3 is 0 Å². The largest absolute Gasteiger partial charge is 0.299 e. The molecule has 0 aromatic carbocycles. The van der Waals surface area contributed by atoms with E-state index in [1.54, 1.807) is 0 Å². The van der Waals surface area contributed by atoms with Crippen molar-refractivity contribution in [3.05, 3.63) is 0 Å². The Labute approximate surface area is 108 Å². The average molecular weight is 283 g/mol. The highest BCUT2D eigenvalue weighted by Crippen LogP contribution is 2.07. The standard InChI is InChI=1S/C11H19ClO4S/c1-17(15,16)9-11(14)7-5-3-2-4-6-10(13)8-12/h2-9H2,1H3. The van der Waals surface area contributed by atoms with Gasteiger partial charge in [0.25, 0.3) is 0 Å². The minimum atomic E-state index is -3.19. The predicted molar refractivity (Wildman–Crippen MR) is 68.1 cm³/mol. The van der Waals surface area contributed by atoms with E-state index in [0.29, 0.717) is 19.3 Å². The van der Waals surface area contributed by atoms with Crippen molar-refractivity contribution in [2.45, 2.75) is 38.5 Å². The van der Waals surface area contributed by atoms with Crippen LogP contribution in [-0.4, -0.2) is 37.9 Å². The molecule has 0 saturated heterocycles. The van der Waals surface area contributed by atoms with Gasteiger partial charge in [0.05, 0.1) is 5.88 Å². The third kappa shape index (κ3) is 11.8. The molecule has 0 unspecified atom stereocenters. The van der Waals surface area contributed by atoms with Crippen LogP contribution in [0.15, 0.2) is 0 Å². The molecule has 0 aliphatic carbocycles. The molecule has 6 heteroatoms. The Morgan fingerprint density at radius 2 is 1.41 bits per heavy atom. The van der Waals surface area contributed by atoms with Crippen LogP contribution in [0.25, 0.3) is 0 Å². The zero-order valence-electron chi connectivity index (χ0n) is 10.1. The number of halogens is 1. The second-order valence-electron chi connectivity index (χ2n) is 4.20. The monoisotopic (exact) mass is 282 g/mol. The van der Waals surface area contributed by atoms with Gasteiger partial charge in [-0.25, -0.2) is 8.42 Å². The van der Waals surface area contributed by atoms with Crippen LogP contribution >= 0.6 is 11.6 Å². The molecule has 0 atom stereocenters. The fraction of sp³-hybridized carbons (Fsp3) is 0.818. The number of alkyl halides is 1. The fourth-order valence-electron chi connectivity index (χ4n) is 1.43. The minimum absolute atomic E-state index is 0.0415. The summed E-state index contributed by atoms with van der Waals surface area (Å²) in [7, 11) is -3.19. The van der Waals surface area contributed by atoms with E-state index in [-0.39, 0.29) is 23.2 Å². The summed E-state index contributed by atoms with van der Waals surface area (Å²) in [4.78, 5) is 22.1. The second-order valence-corrected chi connectivity index (χ2v) is 6.60. The Kier molecular flexibility index (Phi) is 8.43. The van der Waals surface area contributed by atoms with E-state index >= 15 is 0 Å². The maximum Gasteiger partial charge on any atom is 0.154 e. The number of hydrogen-bond donors (Lipinski definition) is 0. The Morgan fingerprint density at radius 1 is 0.941 bits per heavy atom. The molecule has 0 aromatic rings. The van der Waals surface area contributed by atoms with Crippen LogP contribution in [0.2, 0.25) is 0 Å². The van der Waals surface area contributed by atoms with Gasteiger partial charge in [0, 0.05) is 19.1 Å². The van der Waals surface area contributed by atoms with Crippen molar-refractivity contribution in [1.29, 1.82) is 0 Å². The number of ketones is 2. The lowest BCUT2D eigenvalue weighted by Crippen LogP contribution is -2.13. The van der Waals surface area contributed by atoms with E-state index in [1.807, 2.05) is 0 Å². The first-order valence-corrected chi connectivity index (χ1v) is 8.22. The van der Waals surface area contributed by atoms with Gasteiger partial charge in [-0.2, -0.15) is 0 Å². The van der Waals surface area contributed by atoms with Gasteiger partial charge in [0.15, 0.2) is 9.84 Å². The van der Waals surface area contributed by atoms with Gasteiger partial charge in [-0.05, 0) is 12.8 Å². The molecule has 0 heterocycles. The maximum absolute atomic E-state index is 11.2. The average Bonchev–Trinajstić information content (AvgIpc) is 2.20. The van der Waals surface area contributed by atoms with E-state index in [4.69, 9.17) is 11.6 Å². The van der Waals surface area contributed by atoms with E-state index < -0.39 is 9.84 Å². The SMILES string of the molecule is CS(=O)(=O)CC(=O)CCCCCCC(=O)CCl. The summed E-state index contributed by atoms with van der Waals surface area (Å²) in [5.41, 5.74) is 0. The molecule has 0 aliphatic rings. The molecule has 0 amide bonds. The van der Waals surface area contributed by atoms with Crippen LogP contribution in [0.4, 0.5) is 0 Å². The second kappa shape index (κ2) is 8.64. The number of unbranched alkanes of at least 4 members (excludes halogenated alkanes) is 3. The number of rotatable bonds is 10. The summed E-state index contributed by atoms with van der Waals surface area (Å²) in [5, 5.41) is 0. The molecule has 4 nitrogen and oxygen atoms in total. The quantitative estimate of drug-likeness (QED) is 0.452. The molecule has 100 valence electrons. The van der Waals surface area contributed by atoms with Crippen molar-refractivity contribution < 1.29 is 18.0 Å². The summed E-state index contributed by atoms with van der Waals surface area (Å²) < 4.78 is 21.6. The van der Waals surface area contributed by atoms with E-state index in [1.165, 1.54) is 0 Å². The minimum Gasteiger partial charge on any atom is -0.299 e. The molecule has 0 bridgehead atoms. The molecular weight excluding hydrogens is 264 g/mol. The third-order valence-electron chi connectivity index (χ3n) is 2.23. The van der Waals surface area contributed by atoms with E-state index in [0.717, 1.165) is 25.5 Å². The molecule has 0 N–H and O–H groups in total. The van der Waals surface area contributed by atoms with Crippen molar-refractivity contribution in [3.8, 4) is 0 Å². The summed E-state index contributed by atoms with van der Waals surface area (Å²) in [5.74, 6) is -0.492. The first-order chi connectivity index (χ1) is 7.85. The third-order valence-corrected chi connectivity index (χ3v) is 3.38.